The van der Waals surface area contributed by atoms with Crippen molar-refractivity contribution in [3.63, 3.8) is 0 Å². The predicted molar refractivity (Wildman–Crippen MR) is 321 cm³/mol. The number of hydrogen-bond donors (Lipinski definition) is 0. The van der Waals surface area contributed by atoms with Crippen LogP contribution in [0.5, 0.6) is 0 Å². The van der Waals surface area contributed by atoms with Gasteiger partial charge in [0, 0.05) is 19.3 Å². The number of rotatable bonds is 57. The van der Waals surface area contributed by atoms with Crippen molar-refractivity contribution >= 4 is 17.9 Å². The molecular formula is C68H118O6. The van der Waals surface area contributed by atoms with Gasteiger partial charge in [-0.1, -0.05) is 260 Å². The molecular weight excluding hydrogens is 913 g/mol. The average Bonchev–Trinajstić information content (AvgIpc) is 3.40. The highest BCUT2D eigenvalue weighted by Gasteiger charge is 2.19. The van der Waals surface area contributed by atoms with Crippen LogP contribution in [0.25, 0.3) is 0 Å². The third-order valence-electron chi connectivity index (χ3n) is 13.6. The Morgan fingerprint density at radius 3 is 0.824 bits per heavy atom. The van der Waals surface area contributed by atoms with Gasteiger partial charge in [0.1, 0.15) is 13.2 Å². The van der Waals surface area contributed by atoms with Crippen molar-refractivity contribution in [3.05, 3.63) is 85.1 Å². The Morgan fingerprint density at radius 1 is 0.270 bits per heavy atom. The van der Waals surface area contributed by atoms with E-state index < -0.39 is 6.10 Å². The van der Waals surface area contributed by atoms with Crippen LogP contribution in [0.15, 0.2) is 85.1 Å². The molecule has 1 atom stereocenters. The maximum atomic E-state index is 12.9. The first-order valence-electron chi connectivity index (χ1n) is 31.6. The van der Waals surface area contributed by atoms with Gasteiger partial charge in [0.25, 0.3) is 0 Å². The Hall–Kier alpha value is -3.41. The molecule has 0 fully saturated rings. The standard InChI is InChI=1S/C68H118O6/c1-4-7-10-13-16-19-22-25-28-30-32-33-34-35-37-38-40-43-46-49-52-55-58-61-67(70)73-64-65(63-72-66(69)60-57-54-51-48-45-42-27-24-21-18-15-12-9-6-3)74-68(71)62-59-56-53-50-47-44-41-39-36-31-29-26-23-20-17-14-11-8-5-2/h15,17-18,20,22,24-27,29-30,32,36,39,65H,4-14,16,19,21,23,28,31,33-35,37-38,40-64H2,1-3H3/b18-15-,20-17-,25-22-,27-24-,29-26-,32-30-,39-36-. The van der Waals surface area contributed by atoms with Crippen LogP contribution in [-0.4, -0.2) is 37.2 Å². The van der Waals surface area contributed by atoms with E-state index in [9.17, 15) is 14.4 Å². The fourth-order valence-electron chi connectivity index (χ4n) is 8.79. The van der Waals surface area contributed by atoms with E-state index >= 15 is 0 Å². The van der Waals surface area contributed by atoms with Crippen molar-refractivity contribution in [2.45, 2.75) is 316 Å². The van der Waals surface area contributed by atoms with Gasteiger partial charge in [-0.25, -0.2) is 0 Å². The molecule has 0 bridgehead atoms. The van der Waals surface area contributed by atoms with Crippen LogP contribution in [0.2, 0.25) is 0 Å². The maximum absolute atomic E-state index is 12.9. The van der Waals surface area contributed by atoms with Gasteiger partial charge in [0.05, 0.1) is 0 Å². The molecule has 0 aliphatic heterocycles. The first-order valence-corrected chi connectivity index (χ1v) is 31.6. The van der Waals surface area contributed by atoms with Crippen molar-refractivity contribution in [1.82, 2.24) is 0 Å². The number of hydrogen-bond acceptors (Lipinski definition) is 6. The SMILES string of the molecule is CCCC/C=C\C/C=C\CCCCCCCC(=O)OCC(COC(=O)CCCCCCCCCCCCC/C=C\C/C=C\CCCCCCC)OC(=O)CCCCCCCC/C=C\C/C=C\C/C=C\CCCCC. The van der Waals surface area contributed by atoms with E-state index in [0.29, 0.717) is 19.3 Å². The van der Waals surface area contributed by atoms with Crippen molar-refractivity contribution in [3.8, 4) is 0 Å². The van der Waals surface area contributed by atoms with E-state index in [1.54, 1.807) is 0 Å². The van der Waals surface area contributed by atoms with E-state index in [-0.39, 0.29) is 31.1 Å². The lowest BCUT2D eigenvalue weighted by atomic mass is 10.0. The van der Waals surface area contributed by atoms with E-state index in [1.165, 1.54) is 154 Å². The van der Waals surface area contributed by atoms with Crippen LogP contribution in [0, 0.1) is 0 Å². The minimum absolute atomic E-state index is 0.0869. The molecule has 0 aliphatic carbocycles. The summed E-state index contributed by atoms with van der Waals surface area (Å²) in [6, 6.07) is 0. The topological polar surface area (TPSA) is 78.9 Å². The molecule has 0 aromatic carbocycles. The second-order valence-corrected chi connectivity index (χ2v) is 21.0. The largest absolute Gasteiger partial charge is 0.462 e. The zero-order chi connectivity index (χ0) is 53.6. The zero-order valence-electron chi connectivity index (χ0n) is 48.8. The number of allylic oxidation sites excluding steroid dienone is 14. The molecule has 0 rings (SSSR count). The van der Waals surface area contributed by atoms with Crippen LogP contribution < -0.4 is 0 Å². The third-order valence-corrected chi connectivity index (χ3v) is 13.6. The second-order valence-electron chi connectivity index (χ2n) is 21.0. The monoisotopic (exact) mass is 1030 g/mol. The van der Waals surface area contributed by atoms with Crippen LogP contribution in [0.3, 0.4) is 0 Å². The Kier molecular flexibility index (Phi) is 59.3. The van der Waals surface area contributed by atoms with Gasteiger partial charge in [-0.05, 0) is 116 Å². The Bertz CT molecular complexity index is 1420. The van der Waals surface area contributed by atoms with Gasteiger partial charge < -0.3 is 14.2 Å². The number of carbonyl (C=O) groups excluding carboxylic acids is 3. The van der Waals surface area contributed by atoms with Crippen molar-refractivity contribution in [2.24, 2.45) is 0 Å². The number of ether oxygens (including phenoxy) is 3. The molecule has 0 aromatic heterocycles. The zero-order valence-corrected chi connectivity index (χ0v) is 48.8. The molecule has 0 N–H and O–H groups in total. The molecule has 0 spiro atoms. The quantitative estimate of drug-likeness (QED) is 0.0261. The average molecular weight is 1030 g/mol. The molecule has 0 saturated heterocycles. The molecule has 6 heteroatoms. The van der Waals surface area contributed by atoms with Crippen molar-refractivity contribution in [1.29, 1.82) is 0 Å². The summed E-state index contributed by atoms with van der Waals surface area (Å²) >= 11 is 0. The highest BCUT2D eigenvalue weighted by Crippen LogP contribution is 2.16. The lowest BCUT2D eigenvalue weighted by Crippen LogP contribution is -2.30. The van der Waals surface area contributed by atoms with Crippen LogP contribution >= 0.6 is 0 Å². The summed E-state index contributed by atoms with van der Waals surface area (Å²) in [5.41, 5.74) is 0. The smallest absolute Gasteiger partial charge is 0.306 e. The van der Waals surface area contributed by atoms with E-state index in [4.69, 9.17) is 14.2 Å². The minimum atomic E-state index is -0.792. The van der Waals surface area contributed by atoms with E-state index in [2.05, 4.69) is 106 Å². The van der Waals surface area contributed by atoms with Gasteiger partial charge in [0.15, 0.2) is 6.10 Å². The predicted octanol–water partition coefficient (Wildman–Crippen LogP) is 21.5. The lowest BCUT2D eigenvalue weighted by molar-refractivity contribution is -0.167. The van der Waals surface area contributed by atoms with Gasteiger partial charge in [-0.15, -0.1) is 0 Å². The molecule has 0 amide bonds. The lowest BCUT2D eigenvalue weighted by Gasteiger charge is -2.18. The molecule has 0 radical (unpaired) electrons. The molecule has 1 unspecified atom stereocenters. The van der Waals surface area contributed by atoms with E-state index in [0.717, 1.165) is 116 Å². The molecule has 74 heavy (non-hydrogen) atoms. The van der Waals surface area contributed by atoms with Crippen LogP contribution in [0.1, 0.15) is 310 Å². The number of unbranched alkanes of at least 4 members (excludes halogenated alkanes) is 32. The summed E-state index contributed by atoms with van der Waals surface area (Å²) in [5, 5.41) is 0. The van der Waals surface area contributed by atoms with Crippen LogP contribution in [0.4, 0.5) is 0 Å². The molecule has 0 aliphatic rings. The summed E-state index contributed by atoms with van der Waals surface area (Å²) in [7, 11) is 0. The summed E-state index contributed by atoms with van der Waals surface area (Å²) in [4.78, 5) is 38.3. The highest BCUT2D eigenvalue weighted by atomic mass is 16.6. The normalized spacial score (nSPS) is 12.6. The van der Waals surface area contributed by atoms with E-state index in [1.807, 2.05) is 0 Å². The molecule has 0 heterocycles. The molecule has 0 aromatic rings. The second kappa shape index (κ2) is 62.1. The molecule has 426 valence electrons. The summed E-state index contributed by atoms with van der Waals surface area (Å²) in [5.74, 6) is -0.906. The van der Waals surface area contributed by atoms with Gasteiger partial charge in [-0.3, -0.25) is 14.4 Å². The van der Waals surface area contributed by atoms with Gasteiger partial charge in [-0.2, -0.15) is 0 Å². The third kappa shape index (κ3) is 59.5. The first-order chi connectivity index (χ1) is 36.5. The summed E-state index contributed by atoms with van der Waals surface area (Å²) in [6.45, 7) is 6.56. The summed E-state index contributed by atoms with van der Waals surface area (Å²) < 4.78 is 16.9. The molecule has 6 nitrogen and oxygen atoms in total. The highest BCUT2D eigenvalue weighted by molar-refractivity contribution is 5.71. The fraction of sp³-hybridized carbons (Fsp3) is 0.750. The Labute approximate surface area is 458 Å². The van der Waals surface area contributed by atoms with Crippen molar-refractivity contribution in [2.75, 3.05) is 13.2 Å². The molecule has 0 saturated carbocycles. The van der Waals surface area contributed by atoms with Gasteiger partial charge >= 0.3 is 17.9 Å². The summed E-state index contributed by atoms with van der Waals surface area (Å²) in [6.07, 6.45) is 81.5. The Balaban J connectivity index is 4.37. The van der Waals surface area contributed by atoms with Gasteiger partial charge in [0.2, 0.25) is 0 Å². The fourth-order valence-corrected chi connectivity index (χ4v) is 8.79. The number of esters is 3. The first kappa shape index (κ1) is 70.6. The maximum Gasteiger partial charge on any atom is 0.306 e. The number of carbonyl (C=O) groups is 3. The van der Waals surface area contributed by atoms with Crippen molar-refractivity contribution < 1.29 is 28.6 Å². The van der Waals surface area contributed by atoms with Crippen LogP contribution in [-0.2, 0) is 28.6 Å². The Morgan fingerprint density at radius 2 is 0.500 bits per heavy atom. The minimum Gasteiger partial charge on any atom is -0.462 e.